The van der Waals surface area contributed by atoms with Crippen molar-refractivity contribution in [1.82, 2.24) is 10.2 Å². The molecule has 0 aromatic heterocycles. The molecule has 21 heavy (non-hydrogen) atoms. The molecule has 1 aliphatic heterocycles. The first-order valence-electron chi connectivity index (χ1n) is 7.97. The van der Waals surface area contributed by atoms with Crippen molar-refractivity contribution in [3.63, 3.8) is 0 Å². The summed E-state index contributed by atoms with van der Waals surface area (Å²) in [5, 5.41) is 12.4. The van der Waals surface area contributed by atoms with Gasteiger partial charge in [-0.15, -0.1) is 11.8 Å². The molecule has 2 aliphatic rings. The number of urea groups is 1. The second-order valence-corrected chi connectivity index (χ2v) is 7.34. The maximum absolute atomic E-state index is 12.6. The topological polar surface area (TPSA) is 69.6 Å². The summed E-state index contributed by atoms with van der Waals surface area (Å²) in [4.78, 5) is 25.5. The lowest BCUT2D eigenvalue weighted by Gasteiger charge is -2.31. The van der Waals surface area contributed by atoms with Crippen molar-refractivity contribution in [2.45, 2.75) is 69.8 Å². The van der Waals surface area contributed by atoms with Gasteiger partial charge in [0.1, 0.15) is 6.04 Å². The number of carboxylic acid groups (broad SMARTS) is 1. The molecular weight excluding hydrogens is 288 g/mol. The fourth-order valence-corrected chi connectivity index (χ4v) is 4.63. The zero-order valence-electron chi connectivity index (χ0n) is 12.9. The predicted octanol–water partition coefficient (Wildman–Crippen LogP) is 2.90. The summed E-state index contributed by atoms with van der Waals surface area (Å²) in [6.07, 6.45) is 6.52. The second kappa shape index (κ2) is 7.38. The third-order valence-electron chi connectivity index (χ3n) is 4.63. The van der Waals surface area contributed by atoms with Gasteiger partial charge in [-0.1, -0.05) is 33.1 Å². The van der Waals surface area contributed by atoms with E-state index in [1.807, 2.05) is 6.92 Å². The molecule has 4 unspecified atom stereocenters. The third kappa shape index (κ3) is 3.84. The molecule has 2 rings (SSSR count). The Morgan fingerprint density at radius 2 is 2.00 bits per heavy atom. The van der Waals surface area contributed by atoms with Gasteiger partial charge in [-0.3, -0.25) is 4.90 Å². The molecule has 0 spiro atoms. The van der Waals surface area contributed by atoms with E-state index >= 15 is 0 Å². The molecule has 6 heteroatoms. The number of thioether (sulfide) groups is 1. The van der Waals surface area contributed by atoms with Gasteiger partial charge in [0.15, 0.2) is 0 Å². The second-order valence-electron chi connectivity index (χ2n) is 6.13. The van der Waals surface area contributed by atoms with Crippen LogP contribution in [0.5, 0.6) is 0 Å². The molecule has 4 atom stereocenters. The number of hydrogen-bond acceptors (Lipinski definition) is 3. The van der Waals surface area contributed by atoms with Gasteiger partial charge in [0.25, 0.3) is 0 Å². The zero-order valence-corrected chi connectivity index (χ0v) is 13.7. The summed E-state index contributed by atoms with van der Waals surface area (Å²) in [6, 6.07) is -0.711. The van der Waals surface area contributed by atoms with Crippen LogP contribution in [0.25, 0.3) is 0 Å². The van der Waals surface area contributed by atoms with E-state index in [1.165, 1.54) is 12.8 Å². The van der Waals surface area contributed by atoms with Crippen LogP contribution in [-0.2, 0) is 4.79 Å². The first-order chi connectivity index (χ1) is 10.0. The fourth-order valence-electron chi connectivity index (χ4n) is 3.28. The largest absolute Gasteiger partial charge is 0.480 e. The number of amides is 2. The molecule has 5 nitrogen and oxygen atoms in total. The lowest BCUT2D eigenvalue weighted by Crippen LogP contribution is -2.53. The van der Waals surface area contributed by atoms with Crippen molar-refractivity contribution in [2.75, 3.05) is 5.75 Å². The van der Waals surface area contributed by atoms with E-state index in [2.05, 4.69) is 12.2 Å². The molecule has 1 aliphatic carbocycles. The Morgan fingerprint density at radius 1 is 1.29 bits per heavy atom. The van der Waals surface area contributed by atoms with Crippen LogP contribution < -0.4 is 5.32 Å². The van der Waals surface area contributed by atoms with Crippen LogP contribution in [0, 0.1) is 5.92 Å². The Balaban J connectivity index is 2.04. The predicted molar refractivity (Wildman–Crippen MR) is 84.4 cm³/mol. The monoisotopic (exact) mass is 314 g/mol. The summed E-state index contributed by atoms with van der Waals surface area (Å²) in [6.45, 7) is 4.18. The van der Waals surface area contributed by atoms with Crippen LogP contribution in [0.4, 0.5) is 4.79 Å². The van der Waals surface area contributed by atoms with Crippen LogP contribution in [0.1, 0.15) is 52.4 Å². The third-order valence-corrected chi connectivity index (χ3v) is 6.09. The summed E-state index contributed by atoms with van der Waals surface area (Å²) >= 11 is 1.57. The SMILES string of the molecule is CCC1SCC(C(=O)O)N1C(=O)NC1CCCCCC1C. The fraction of sp³-hybridized carbons (Fsp3) is 0.867. The normalized spacial score (nSPS) is 33.5. The average Bonchev–Trinajstić information content (AvgIpc) is 2.79. The standard InChI is InChI=1S/C15H26N2O3S/c1-3-13-17(12(9-21-13)14(18)19)15(20)16-11-8-6-4-5-7-10(11)2/h10-13H,3-9H2,1-2H3,(H,16,20)(H,18,19). The number of hydrogen-bond donors (Lipinski definition) is 2. The van der Waals surface area contributed by atoms with E-state index in [0.29, 0.717) is 11.7 Å². The highest BCUT2D eigenvalue weighted by Crippen LogP contribution is 2.32. The Labute approximate surface area is 130 Å². The Kier molecular flexibility index (Phi) is 5.79. The van der Waals surface area contributed by atoms with Gasteiger partial charge >= 0.3 is 12.0 Å². The van der Waals surface area contributed by atoms with Crippen molar-refractivity contribution in [2.24, 2.45) is 5.92 Å². The van der Waals surface area contributed by atoms with Crippen molar-refractivity contribution in [3.8, 4) is 0 Å². The summed E-state index contributed by atoms with van der Waals surface area (Å²) < 4.78 is 0. The first kappa shape index (κ1) is 16.5. The number of nitrogens with one attached hydrogen (secondary N) is 1. The van der Waals surface area contributed by atoms with Crippen LogP contribution in [0.2, 0.25) is 0 Å². The molecule has 0 aromatic carbocycles. The van der Waals surface area contributed by atoms with Crippen molar-refractivity contribution >= 4 is 23.8 Å². The van der Waals surface area contributed by atoms with Crippen molar-refractivity contribution < 1.29 is 14.7 Å². The number of nitrogens with zero attached hydrogens (tertiary/aromatic N) is 1. The van der Waals surface area contributed by atoms with E-state index in [1.54, 1.807) is 16.7 Å². The molecular formula is C15H26N2O3S. The molecule has 2 amide bonds. The molecule has 120 valence electrons. The minimum Gasteiger partial charge on any atom is -0.480 e. The van der Waals surface area contributed by atoms with Gasteiger partial charge in [-0.05, 0) is 25.2 Å². The van der Waals surface area contributed by atoms with E-state index in [-0.39, 0.29) is 17.4 Å². The molecule has 1 heterocycles. The van der Waals surface area contributed by atoms with Gasteiger partial charge in [0, 0.05) is 11.8 Å². The molecule has 1 saturated heterocycles. The van der Waals surface area contributed by atoms with Gasteiger partial charge in [0.05, 0.1) is 5.37 Å². The number of carbonyl (C=O) groups excluding carboxylic acids is 1. The maximum atomic E-state index is 12.6. The van der Waals surface area contributed by atoms with Crippen LogP contribution in [-0.4, -0.2) is 45.2 Å². The number of carbonyl (C=O) groups is 2. The average molecular weight is 314 g/mol. The molecule has 0 radical (unpaired) electrons. The highest BCUT2D eigenvalue weighted by molar-refractivity contribution is 8.00. The first-order valence-corrected chi connectivity index (χ1v) is 9.02. The lowest BCUT2D eigenvalue weighted by molar-refractivity contribution is -0.141. The molecule has 1 saturated carbocycles. The van der Waals surface area contributed by atoms with Crippen molar-refractivity contribution in [1.29, 1.82) is 0 Å². The van der Waals surface area contributed by atoms with Gasteiger partial charge < -0.3 is 10.4 Å². The quantitative estimate of drug-likeness (QED) is 0.786. The molecule has 0 bridgehead atoms. The number of carboxylic acids is 1. The lowest BCUT2D eigenvalue weighted by atomic mass is 9.97. The van der Waals surface area contributed by atoms with Crippen LogP contribution in [0.3, 0.4) is 0 Å². The Bertz CT molecular complexity index is 391. The van der Waals surface area contributed by atoms with Crippen LogP contribution >= 0.6 is 11.8 Å². The van der Waals surface area contributed by atoms with Gasteiger partial charge in [-0.2, -0.15) is 0 Å². The number of aliphatic carboxylic acids is 1. The molecule has 2 N–H and O–H groups in total. The van der Waals surface area contributed by atoms with Gasteiger partial charge in [0.2, 0.25) is 0 Å². The van der Waals surface area contributed by atoms with E-state index in [4.69, 9.17) is 0 Å². The Morgan fingerprint density at radius 3 is 2.67 bits per heavy atom. The highest BCUT2D eigenvalue weighted by Gasteiger charge is 2.41. The minimum atomic E-state index is -0.900. The summed E-state index contributed by atoms with van der Waals surface area (Å²) in [5.41, 5.74) is 0. The van der Waals surface area contributed by atoms with E-state index < -0.39 is 12.0 Å². The highest BCUT2D eigenvalue weighted by atomic mass is 32.2. The maximum Gasteiger partial charge on any atom is 0.327 e. The van der Waals surface area contributed by atoms with E-state index in [0.717, 1.165) is 25.7 Å². The smallest absolute Gasteiger partial charge is 0.327 e. The van der Waals surface area contributed by atoms with E-state index in [9.17, 15) is 14.7 Å². The summed E-state index contributed by atoms with van der Waals surface area (Å²) in [7, 11) is 0. The Hall–Kier alpha value is -0.910. The minimum absolute atomic E-state index is 0.0211. The van der Waals surface area contributed by atoms with Crippen molar-refractivity contribution in [3.05, 3.63) is 0 Å². The summed E-state index contributed by atoms with van der Waals surface area (Å²) in [5.74, 6) is 0.0548. The van der Waals surface area contributed by atoms with Gasteiger partial charge in [-0.25, -0.2) is 9.59 Å². The number of rotatable bonds is 3. The van der Waals surface area contributed by atoms with Crippen LogP contribution in [0.15, 0.2) is 0 Å². The molecule has 2 fully saturated rings. The zero-order chi connectivity index (χ0) is 15.4. The molecule has 0 aromatic rings.